The van der Waals surface area contributed by atoms with Gasteiger partial charge in [0, 0.05) is 25.8 Å². The number of hydrogen-bond donors (Lipinski definition) is 1. The van der Waals surface area contributed by atoms with E-state index in [9.17, 15) is 4.39 Å². The molecule has 0 atom stereocenters. The lowest BCUT2D eigenvalue weighted by molar-refractivity contribution is 0.0770. The van der Waals surface area contributed by atoms with Crippen molar-refractivity contribution in [2.75, 3.05) is 26.4 Å². The van der Waals surface area contributed by atoms with Gasteiger partial charge in [-0.2, -0.15) is 0 Å². The molecule has 0 unspecified atom stereocenters. The van der Waals surface area contributed by atoms with Gasteiger partial charge in [-0.05, 0) is 37.5 Å². The molecular formula is C14H20FNO2. The van der Waals surface area contributed by atoms with Gasteiger partial charge in [-0.25, -0.2) is 4.39 Å². The van der Waals surface area contributed by atoms with Crippen molar-refractivity contribution in [2.24, 2.45) is 0 Å². The smallest absolute Gasteiger partial charge is 0.165 e. The van der Waals surface area contributed by atoms with Crippen LogP contribution in [0.25, 0.3) is 0 Å². The molecule has 0 bridgehead atoms. The SMILES string of the molecule is Cc1ccc(F)c(OCCNC2CCOCC2)c1. The van der Waals surface area contributed by atoms with Crippen LogP contribution in [0.4, 0.5) is 4.39 Å². The van der Waals surface area contributed by atoms with Crippen LogP contribution in [0, 0.1) is 12.7 Å². The minimum atomic E-state index is -0.299. The van der Waals surface area contributed by atoms with Crippen LogP contribution in [0.2, 0.25) is 0 Å². The van der Waals surface area contributed by atoms with E-state index in [4.69, 9.17) is 9.47 Å². The van der Waals surface area contributed by atoms with Crippen molar-refractivity contribution < 1.29 is 13.9 Å². The molecule has 0 spiro atoms. The van der Waals surface area contributed by atoms with Crippen molar-refractivity contribution in [3.63, 3.8) is 0 Å². The highest BCUT2D eigenvalue weighted by molar-refractivity contribution is 5.29. The largest absolute Gasteiger partial charge is 0.489 e. The van der Waals surface area contributed by atoms with Crippen LogP contribution in [-0.4, -0.2) is 32.4 Å². The minimum absolute atomic E-state index is 0.299. The van der Waals surface area contributed by atoms with Gasteiger partial charge in [0.1, 0.15) is 6.61 Å². The van der Waals surface area contributed by atoms with Crippen LogP contribution in [-0.2, 0) is 4.74 Å². The molecule has 1 aliphatic heterocycles. The molecule has 0 aliphatic carbocycles. The van der Waals surface area contributed by atoms with E-state index < -0.39 is 0 Å². The zero-order valence-corrected chi connectivity index (χ0v) is 10.7. The normalized spacial score (nSPS) is 16.8. The number of halogens is 1. The van der Waals surface area contributed by atoms with Crippen LogP contribution in [0.1, 0.15) is 18.4 Å². The van der Waals surface area contributed by atoms with E-state index in [-0.39, 0.29) is 5.82 Å². The Morgan fingerprint density at radius 3 is 2.94 bits per heavy atom. The van der Waals surface area contributed by atoms with Crippen molar-refractivity contribution in [3.8, 4) is 5.75 Å². The van der Waals surface area contributed by atoms with E-state index in [2.05, 4.69) is 5.32 Å². The zero-order chi connectivity index (χ0) is 12.8. The predicted octanol–water partition coefficient (Wildman–Crippen LogP) is 2.28. The Labute approximate surface area is 107 Å². The summed E-state index contributed by atoms with van der Waals surface area (Å²) in [5.74, 6) is 0.0374. The molecule has 2 rings (SSSR count). The van der Waals surface area contributed by atoms with Crippen LogP contribution >= 0.6 is 0 Å². The van der Waals surface area contributed by atoms with Crippen molar-refractivity contribution in [1.82, 2.24) is 5.32 Å². The number of hydrogen-bond acceptors (Lipinski definition) is 3. The molecule has 0 amide bonds. The van der Waals surface area contributed by atoms with Gasteiger partial charge in [-0.3, -0.25) is 0 Å². The molecule has 0 radical (unpaired) electrons. The van der Waals surface area contributed by atoms with Crippen molar-refractivity contribution >= 4 is 0 Å². The lowest BCUT2D eigenvalue weighted by Crippen LogP contribution is -2.37. The maximum Gasteiger partial charge on any atom is 0.165 e. The van der Waals surface area contributed by atoms with Gasteiger partial charge in [-0.1, -0.05) is 6.07 Å². The Kier molecular flexibility index (Phi) is 4.96. The molecule has 18 heavy (non-hydrogen) atoms. The van der Waals surface area contributed by atoms with E-state index in [1.807, 2.05) is 6.92 Å². The third-order valence-electron chi connectivity index (χ3n) is 3.10. The highest BCUT2D eigenvalue weighted by Gasteiger charge is 2.12. The number of benzene rings is 1. The highest BCUT2D eigenvalue weighted by atomic mass is 19.1. The molecule has 1 aliphatic rings. The maximum absolute atomic E-state index is 13.4. The molecule has 1 N–H and O–H groups in total. The first-order valence-electron chi connectivity index (χ1n) is 6.46. The van der Waals surface area contributed by atoms with Crippen molar-refractivity contribution in [3.05, 3.63) is 29.6 Å². The van der Waals surface area contributed by atoms with Gasteiger partial charge < -0.3 is 14.8 Å². The fourth-order valence-corrected chi connectivity index (χ4v) is 2.05. The monoisotopic (exact) mass is 253 g/mol. The molecule has 3 nitrogen and oxygen atoms in total. The highest BCUT2D eigenvalue weighted by Crippen LogP contribution is 2.18. The van der Waals surface area contributed by atoms with Gasteiger partial charge in [-0.15, -0.1) is 0 Å². The third kappa shape index (κ3) is 3.96. The first-order chi connectivity index (χ1) is 8.75. The Balaban J connectivity index is 1.69. The van der Waals surface area contributed by atoms with E-state index >= 15 is 0 Å². The third-order valence-corrected chi connectivity index (χ3v) is 3.10. The van der Waals surface area contributed by atoms with Crippen LogP contribution in [0.15, 0.2) is 18.2 Å². The zero-order valence-electron chi connectivity index (χ0n) is 10.7. The summed E-state index contributed by atoms with van der Waals surface area (Å²) in [4.78, 5) is 0. The molecule has 4 heteroatoms. The number of aryl methyl sites for hydroxylation is 1. The Morgan fingerprint density at radius 1 is 1.39 bits per heavy atom. The van der Waals surface area contributed by atoms with Gasteiger partial charge in [0.25, 0.3) is 0 Å². The summed E-state index contributed by atoms with van der Waals surface area (Å²) >= 11 is 0. The summed E-state index contributed by atoms with van der Waals surface area (Å²) in [6.07, 6.45) is 2.08. The molecule has 1 saturated heterocycles. The second-order valence-corrected chi connectivity index (χ2v) is 4.62. The summed E-state index contributed by atoms with van der Waals surface area (Å²) in [6.45, 7) is 4.79. The predicted molar refractivity (Wildman–Crippen MR) is 68.5 cm³/mol. The van der Waals surface area contributed by atoms with Crippen LogP contribution in [0.5, 0.6) is 5.75 Å². The molecule has 1 heterocycles. The topological polar surface area (TPSA) is 30.5 Å². The average molecular weight is 253 g/mol. The summed E-state index contributed by atoms with van der Waals surface area (Å²) in [5, 5.41) is 3.40. The first-order valence-corrected chi connectivity index (χ1v) is 6.46. The molecular weight excluding hydrogens is 233 g/mol. The quantitative estimate of drug-likeness (QED) is 0.817. The molecule has 0 aromatic heterocycles. The van der Waals surface area contributed by atoms with Crippen LogP contribution in [0.3, 0.4) is 0 Å². The molecule has 1 aromatic carbocycles. The lowest BCUT2D eigenvalue weighted by atomic mass is 10.1. The standard InChI is InChI=1S/C14H20FNO2/c1-11-2-3-13(15)14(10-11)18-9-6-16-12-4-7-17-8-5-12/h2-3,10,12,16H,4-9H2,1H3. The van der Waals surface area contributed by atoms with Crippen LogP contribution < -0.4 is 10.1 Å². The fraction of sp³-hybridized carbons (Fsp3) is 0.571. The first kappa shape index (κ1) is 13.3. The Hall–Kier alpha value is -1.13. The molecule has 1 aromatic rings. The molecule has 100 valence electrons. The lowest BCUT2D eigenvalue weighted by Gasteiger charge is -2.23. The summed E-state index contributed by atoms with van der Waals surface area (Å²) < 4.78 is 24.1. The van der Waals surface area contributed by atoms with E-state index in [1.165, 1.54) is 6.07 Å². The van der Waals surface area contributed by atoms with Crippen molar-refractivity contribution in [1.29, 1.82) is 0 Å². The Morgan fingerprint density at radius 2 is 2.17 bits per heavy atom. The Bertz CT molecular complexity index is 378. The average Bonchev–Trinajstić information content (AvgIpc) is 2.40. The van der Waals surface area contributed by atoms with E-state index in [0.717, 1.165) is 38.2 Å². The van der Waals surface area contributed by atoms with E-state index in [0.29, 0.717) is 18.4 Å². The molecule has 1 fully saturated rings. The van der Waals surface area contributed by atoms with Crippen molar-refractivity contribution in [2.45, 2.75) is 25.8 Å². The minimum Gasteiger partial charge on any atom is -0.489 e. The second-order valence-electron chi connectivity index (χ2n) is 4.62. The number of rotatable bonds is 5. The summed E-state index contributed by atoms with van der Waals surface area (Å²) in [7, 11) is 0. The molecule has 0 saturated carbocycles. The van der Waals surface area contributed by atoms with E-state index in [1.54, 1.807) is 12.1 Å². The number of nitrogens with one attached hydrogen (secondary N) is 1. The number of ether oxygens (including phenoxy) is 2. The summed E-state index contributed by atoms with van der Waals surface area (Å²) in [5.41, 5.74) is 1.00. The second kappa shape index (κ2) is 6.71. The van der Waals surface area contributed by atoms with Gasteiger partial charge in [0.05, 0.1) is 0 Å². The van der Waals surface area contributed by atoms with Gasteiger partial charge in [0.2, 0.25) is 0 Å². The fourth-order valence-electron chi connectivity index (χ4n) is 2.05. The van der Waals surface area contributed by atoms with Gasteiger partial charge >= 0.3 is 0 Å². The summed E-state index contributed by atoms with van der Waals surface area (Å²) in [6, 6.07) is 5.41. The maximum atomic E-state index is 13.4. The van der Waals surface area contributed by atoms with Gasteiger partial charge in [0.15, 0.2) is 11.6 Å².